The second-order valence-electron chi connectivity index (χ2n) is 2.58. The standard InChI is InChI=1S/C8H6BrIN2/c1-12-4-6(10)7-8(12)5(9)2-3-11-7/h2-4H,1H3. The van der Waals surface area contributed by atoms with Crippen molar-refractivity contribution in [3.8, 4) is 0 Å². The summed E-state index contributed by atoms with van der Waals surface area (Å²) in [4.78, 5) is 4.30. The summed E-state index contributed by atoms with van der Waals surface area (Å²) < 4.78 is 4.36. The van der Waals surface area contributed by atoms with E-state index < -0.39 is 0 Å². The molecular formula is C8H6BrIN2. The van der Waals surface area contributed by atoms with Gasteiger partial charge in [0, 0.05) is 23.9 Å². The highest BCUT2D eigenvalue weighted by Gasteiger charge is 2.07. The topological polar surface area (TPSA) is 17.8 Å². The van der Waals surface area contributed by atoms with Crippen LogP contribution < -0.4 is 0 Å². The third-order valence-corrected chi connectivity index (χ3v) is 3.19. The van der Waals surface area contributed by atoms with Crippen LogP contribution in [0.1, 0.15) is 0 Å². The first-order chi connectivity index (χ1) is 5.70. The average molecular weight is 337 g/mol. The van der Waals surface area contributed by atoms with E-state index in [4.69, 9.17) is 0 Å². The van der Waals surface area contributed by atoms with Gasteiger partial charge in [-0.05, 0) is 44.6 Å². The molecule has 0 aliphatic rings. The molecule has 2 nitrogen and oxygen atoms in total. The fourth-order valence-electron chi connectivity index (χ4n) is 1.24. The van der Waals surface area contributed by atoms with Crippen molar-refractivity contribution in [2.75, 3.05) is 0 Å². The summed E-state index contributed by atoms with van der Waals surface area (Å²) >= 11 is 5.79. The third-order valence-electron chi connectivity index (χ3n) is 1.76. The zero-order valence-electron chi connectivity index (χ0n) is 6.38. The van der Waals surface area contributed by atoms with Crippen LogP contribution in [-0.4, -0.2) is 9.55 Å². The average Bonchev–Trinajstić information content (AvgIpc) is 2.29. The van der Waals surface area contributed by atoms with Crippen LogP contribution in [0.25, 0.3) is 11.0 Å². The van der Waals surface area contributed by atoms with Crippen LogP contribution in [0.2, 0.25) is 0 Å². The molecule has 0 spiro atoms. The van der Waals surface area contributed by atoms with Crippen LogP contribution in [0, 0.1) is 3.57 Å². The lowest BCUT2D eigenvalue weighted by molar-refractivity contribution is 0.963. The smallest absolute Gasteiger partial charge is 0.103 e. The molecular weight excluding hydrogens is 331 g/mol. The van der Waals surface area contributed by atoms with Gasteiger partial charge < -0.3 is 4.57 Å². The maximum Gasteiger partial charge on any atom is 0.103 e. The molecule has 4 heteroatoms. The number of rotatable bonds is 0. The molecule has 0 saturated heterocycles. The second kappa shape index (κ2) is 2.99. The lowest BCUT2D eigenvalue weighted by Crippen LogP contribution is -1.85. The molecule has 0 aromatic carbocycles. The summed E-state index contributed by atoms with van der Waals surface area (Å²) in [7, 11) is 2.02. The number of hydrogen-bond acceptors (Lipinski definition) is 1. The van der Waals surface area contributed by atoms with E-state index in [1.807, 2.05) is 19.3 Å². The van der Waals surface area contributed by atoms with E-state index in [1.54, 1.807) is 0 Å². The van der Waals surface area contributed by atoms with E-state index in [2.05, 4.69) is 54.3 Å². The minimum atomic E-state index is 1.06. The van der Waals surface area contributed by atoms with Crippen LogP contribution in [0.15, 0.2) is 22.9 Å². The predicted octanol–water partition coefficient (Wildman–Crippen LogP) is 2.94. The van der Waals surface area contributed by atoms with Gasteiger partial charge in [0.15, 0.2) is 0 Å². The molecule has 0 N–H and O–H groups in total. The molecule has 62 valence electrons. The van der Waals surface area contributed by atoms with Crippen LogP contribution >= 0.6 is 38.5 Å². The van der Waals surface area contributed by atoms with Gasteiger partial charge in [0.2, 0.25) is 0 Å². The molecule has 0 aliphatic carbocycles. The Kier molecular flexibility index (Phi) is 2.12. The SMILES string of the molecule is Cn1cc(I)c2nccc(Br)c21. The maximum absolute atomic E-state index is 4.30. The Morgan fingerprint density at radius 1 is 1.58 bits per heavy atom. The number of halogens is 2. The minimum absolute atomic E-state index is 1.06. The Morgan fingerprint density at radius 3 is 3.00 bits per heavy atom. The number of nitrogens with zero attached hydrogens (tertiary/aromatic N) is 2. The van der Waals surface area contributed by atoms with E-state index in [9.17, 15) is 0 Å². The fraction of sp³-hybridized carbons (Fsp3) is 0.125. The van der Waals surface area contributed by atoms with Crippen molar-refractivity contribution in [2.24, 2.45) is 7.05 Å². The van der Waals surface area contributed by atoms with Gasteiger partial charge in [0.05, 0.1) is 9.09 Å². The molecule has 2 aromatic rings. The molecule has 0 unspecified atom stereocenters. The highest BCUT2D eigenvalue weighted by molar-refractivity contribution is 14.1. The van der Waals surface area contributed by atoms with Crippen molar-refractivity contribution in [2.45, 2.75) is 0 Å². The van der Waals surface area contributed by atoms with Gasteiger partial charge >= 0.3 is 0 Å². The van der Waals surface area contributed by atoms with Crippen LogP contribution in [0.5, 0.6) is 0 Å². The van der Waals surface area contributed by atoms with Crippen molar-refractivity contribution < 1.29 is 0 Å². The van der Waals surface area contributed by atoms with Gasteiger partial charge in [0.25, 0.3) is 0 Å². The van der Waals surface area contributed by atoms with Gasteiger partial charge in [-0.3, -0.25) is 4.98 Å². The molecule has 2 rings (SSSR count). The number of hydrogen-bond donors (Lipinski definition) is 0. The third kappa shape index (κ3) is 1.17. The Balaban J connectivity index is 2.99. The Bertz CT molecular complexity index is 436. The maximum atomic E-state index is 4.30. The van der Waals surface area contributed by atoms with Crippen LogP contribution in [0.3, 0.4) is 0 Å². The molecule has 0 amide bonds. The predicted molar refractivity (Wildman–Crippen MR) is 61.1 cm³/mol. The largest absolute Gasteiger partial charge is 0.347 e. The second-order valence-corrected chi connectivity index (χ2v) is 4.59. The summed E-state index contributed by atoms with van der Waals surface area (Å²) in [6.07, 6.45) is 3.89. The van der Waals surface area contributed by atoms with Gasteiger partial charge in [-0.2, -0.15) is 0 Å². The summed E-state index contributed by atoms with van der Waals surface area (Å²) in [5.41, 5.74) is 2.22. The molecule has 0 fully saturated rings. The number of pyridine rings is 1. The van der Waals surface area contributed by atoms with Gasteiger partial charge in [0.1, 0.15) is 5.52 Å². The van der Waals surface area contributed by atoms with Crippen molar-refractivity contribution in [3.05, 3.63) is 26.5 Å². The normalized spacial score (nSPS) is 10.9. The van der Waals surface area contributed by atoms with E-state index in [0.717, 1.165) is 15.5 Å². The first-order valence-corrected chi connectivity index (χ1v) is 5.32. The number of fused-ring (bicyclic) bond motifs is 1. The van der Waals surface area contributed by atoms with Gasteiger partial charge in [-0.1, -0.05) is 0 Å². The first-order valence-electron chi connectivity index (χ1n) is 3.45. The summed E-state index contributed by atoms with van der Waals surface area (Å²) in [5, 5.41) is 0. The molecule has 0 saturated carbocycles. The zero-order valence-corrected chi connectivity index (χ0v) is 10.1. The summed E-state index contributed by atoms with van der Waals surface area (Å²) in [5.74, 6) is 0. The number of aromatic nitrogens is 2. The Labute approximate surface area is 92.2 Å². The van der Waals surface area contributed by atoms with E-state index in [-0.39, 0.29) is 0 Å². The lowest BCUT2D eigenvalue weighted by atomic mass is 10.4. The molecule has 12 heavy (non-hydrogen) atoms. The quantitative estimate of drug-likeness (QED) is 0.676. The molecule has 2 aromatic heterocycles. The van der Waals surface area contributed by atoms with Crippen molar-refractivity contribution in [3.63, 3.8) is 0 Å². The molecule has 0 atom stereocenters. The van der Waals surface area contributed by atoms with Crippen LogP contribution in [0.4, 0.5) is 0 Å². The molecule has 0 radical (unpaired) electrons. The van der Waals surface area contributed by atoms with Gasteiger partial charge in [-0.15, -0.1) is 0 Å². The zero-order chi connectivity index (χ0) is 8.72. The minimum Gasteiger partial charge on any atom is -0.347 e. The van der Waals surface area contributed by atoms with E-state index >= 15 is 0 Å². The Hall–Kier alpha value is -0.100. The Morgan fingerprint density at radius 2 is 2.33 bits per heavy atom. The molecule has 0 aliphatic heterocycles. The summed E-state index contributed by atoms with van der Waals surface area (Å²) in [6.45, 7) is 0. The molecule has 0 bridgehead atoms. The highest BCUT2D eigenvalue weighted by atomic mass is 127. The number of aryl methyl sites for hydroxylation is 1. The lowest BCUT2D eigenvalue weighted by Gasteiger charge is -1.96. The highest BCUT2D eigenvalue weighted by Crippen LogP contribution is 2.26. The summed E-state index contributed by atoms with van der Waals surface area (Å²) in [6, 6.07) is 1.96. The van der Waals surface area contributed by atoms with Crippen molar-refractivity contribution in [1.82, 2.24) is 9.55 Å². The fourth-order valence-corrected chi connectivity index (χ4v) is 2.63. The van der Waals surface area contributed by atoms with Crippen molar-refractivity contribution in [1.29, 1.82) is 0 Å². The van der Waals surface area contributed by atoms with E-state index in [1.165, 1.54) is 3.57 Å². The van der Waals surface area contributed by atoms with Crippen LogP contribution in [-0.2, 0) is 7.05 Å². The molecule has 2 heterocycles. The van der Waals surface area contributed by atoms with Gasteiger partial charge in [-0.25, -0.2) is 0 Å². The monoisotopic (exact) mass is 336 g/mol. The first kappa shape index (κ1) is 8.50. The van der Waals surface area contributed by atoms with Crippen molar-refractivity contribution >= 4 is 49.6 Å². The van der Waals surface area contributed by atoms with E-state index in [0.29, 0.717) is 0 Å².